The Balaban J connectivity index is 2.22. The van der Waals surface area contributed by atoms with Crippen molar-refractivity contribution in [3.8, 4) is 0 Å². The number of hydrogen-bond acceptors (Lipinski definition) is 3. The first-order valence-electron chi connectivity index (χ1n) is 7.81. The summed E-state index contributed by atoms with van der Waals surface area (Å²) in [5, 5.41) is 3.70. The third-order valence-electron chi connectivity index (χ3n) is 3.29. The number of nitrogens with one attached hydrogen (secondary N) is 1. The molecule has 0 saturated heterocycles. The molecular weight excluding hydrogens is 303 g/mol. The van der Waals surface area contributed by atoms with Crippen molar-refractivity contribution in [3.63, 3.8) is 0 Å². The van der Waals surface area contributed by atoms with Crippen molar-refractivity contribution in [2.24, 2.45) is 5.10 Å². The molecule has 0 amide bonds. The van der Waals surface area contributed by atoms with Gasteiger partial charge in [-0.2, -0.15) is 5.10 Å². The van der Waals surface area contributed by atoms with Crippen LogP contribution in [0.1, 0.15) is 57.4 Å². The normalized spacial score (nSPS) is 11.9. The van der Waals surface area contributed by atoms with Gasteiger partial charge in [-0.3, -0.25) is 0 Å². The maximum Gasteiger partial charge on any atom is 0.247 e. The van der Waals surface area contributed by atoms with Crippen LogP contribution in [-0.4, -0.2) is 20.4 Å². The van der Waals surface area contributed by atoms with Crippen molar-refractivity contribution in [2.45, 2.75) is 51.9 Å². The molecule has 0 radical (unpaired) electrons. The molecule has 4 nitrogen and oxygen atoms in total. The highest BCUT2D eigenvalue weighted by atomic mass is 32.2. The molecule has 0 saturated carbocycles. The first kappa shape index (κ1) is 18.6. The van der Waals surface area contributed by atoms with Crippen molar-refractivity contribution >= 4 is 16.2 Å². The van der Waals surface area contributed by atoms with E-state index in [0.717, 1.165) is 12.8 Å². The monoisotopic (exact) mass is 328 g/mol. The van der Waals surface area contributed by atoms with Crippen LogP contribution in [0.15, 0.2) is 29.4 Å². The van der Waals surface area contributed by atoms with Gasteiger partial charge in [0, 0.05) is 0 Å². The molecule has 0 aliphatic rings. The second kappa shape index (κ2) is 10.3. The highest BCUT2D eigenvalue weighted by Crippen LogP contribution is 2.07. The van der Waals surface area contributed by atoms with Crippen molar-refractivity contribution in [1.29, 1.82) is 0 Å². The minimum atomic E-state index is -3.38. The number of unbranched alkanes of at least 4 members (excludes halogenated alkanes) is 6. The van der Waals surface area contributed by atoms with Gasteiger partial charge in [-0.15, -0.1) is 0 Å². The molecule has 0 atom stereocenters. The number of rotatable bonds is 11. The Kier molecular flexibility index (Phi) is 8.74. The van der Waals surface area contributed by atoms with Crippen LogP contribution in [-0.2, 0) is 10.0 Å². The molecule has 1 N–H and O–H groups in total. The molecular formula is C16H25FN2O2S. The Morgan fingerprint density at radius 2 is 1.64 bits per heavy atom. The highest BCUT2D eigenvalue weighted by Gasteiger charge is 2.07. The van der Waals surface area contributed by atoms with Crippen LogP contribution in [0.4, 0.5) is 4.39 Å². The lowest BCUT2D eigenvalue weighted by molar-refractivity contribution is 0.570. The van der Waals surface area contributed by atoms with Gasteiger partial charge in [0.05, 0.1) is 12.0 Å². The summed E-state index contributed by atoms with van der Waals surface area (Å²) < 4.78 is 36.2. The summed E-state index contributed by atoms with van der Waals surface area (Å²) in [6, 6.07) is 5.66. The van der Waals surface area contributed by atoms with Crippen LogP contribution < -0.4 is 4.83 Å². The van der Waals surface area contributed by atoms with Crippen LogP contribution >= 0.6 is 0 Å². The fourth-order valence-corrected chi connectivity index (χ4v) is 2.91. The molecule has 0 heterocycles. The van der Waals surface area contributed by atoms with Crippen LogP contribution in [0.5, 0.6) is 0 Å². The van der Waals surface area contributed by atoms with E-state index in [1.165, 1.54) is 56.2 Å². The van der Waals surface area contributed by atoms with E-state index in [0.29, 0.717) is 12.0 Å². The quantitative estimate of drug-likeness (QED) is 0.381. The zero-order valence-corrected chi connectivity index (χ0v) is 13.9. The van der Waals surface area contributed by atoms with Crippen LogP contribution in [0.3, 0.4) is 0 Å². The van der Waals surface area contributed by atoms with Crippen molar-refractivity contribution in [2.75, 3.05) is 5.75 Å². The number of halogens is 1. The fourth-order valence-electron chi connectivity index (χ4n) is 2.02. The largest absolute Gasteiger partial charge is 0.247 e. The minimum absolute atomic E-state index is 0.0849. The van der Waals surface area contributed by atoms with E-state index in [1.807, 2.05) is 0 Å². The maximum absolute atomic E-state index is 12.7. The molecule has 0 aromatic heterocycles. The van der Waals surface area contributed by atoms with Crippen molar-refractivity contribution in [3.05, 3.63) is 35.6 Å². The minimum Gasteiger partial charge on any atom is -0.207 e. The summed E-state index contributed by atoms with van der Waals surface area (Å²) in [4.78, 5) is 2.18. The Morgan fingerprint density at radius 3 is 2.27 bits per heavy atom. The lowest BCUT2D eigenvalue weighted by Gasteiger charge is -2.03. The molecule has 6 heteroatoms. The molecule has 1 aromatic rings. The van der Waals surface area contributed by atoms with Gasteiger partial charge in [-0.1, -0.05) is 57.6 Å². The fraction of sp³-hybridized carbons (Fsp3) is 0.562. The molecule has 1 rings (SSSR count). The van der Waals surface area contributed by atoms with Gasteiger partial charge in [0.1, 0.15) is 5.82 Å². The van der Waals surface area contributed by atoms with E-state index in [2.05, 4.69) is 16.9 Å². The summed E-state index contributed by atoms with van der Waals surface area (Å²) >= 11 is 0. The van der Waals surface area contributed by atoms with Crippen LogP contribution in [0.25, 0.3) is 0 Å². The van der Waals surface area contributed by atoms with Gasteiger partial charge in [0.15, 0.2) is 0 Å². The van der Waals surface area contributed by atoms with Gasteiger partial charge in [0.2, 0.25) is 10.0 Å². The molecule has 0 fully saturated rings. The molecule has 0 spiro atoms. The number of nitrogens with zero attached hydrogens (tertiary/aromatic N) is 1. The average molecular weight is 328 g/mol. The Bertz CT molecular complexity index is 542. The first-order valence-corrected chi connectivity index (χ1v) is 9.47. The summed E-state index contributed by atoms with van der Waals surface area (Å²) in [6.07, 6.45) is 8.87. The van der Waals surface area contributed by atoms with Crippen molar-refractivity contribution in [1.82, 2.24) is 4.83 Å². The van der Waals surface area contributed by atoms with E-state index >= 15 is 0 Å². The number of hydrazone groups is 1. The molecule has 0 bridgehead atoms. The van der Waals surface area contributed by atoms with Crippen LogP contribution in [0.2, 0.25) is 0 Å². The molecule has 1 aromatic carbocycles. The summed E-state index contributed by atoms with van der Waals surface area (Å²) in [5.74, 6) is -0.252. The van der Waals surface area contributed by atoms with E-state index in [4.69, 9.17) is 0 Å². The molecule has 22 heavy (non-hydrogen) atoms. The summed E-state index contributed by atoms with van der Waals surface area (Å²) in [6.45, 7) is 2.17. The zero-order chi connectivity index (χ0) is 16.3. The second-order valence-corrected chi connectivity index (χ2v) is 7.16. The third-order valence-corrected chi connectivity index (χ3v) is 4.50. The first-order chi connectivity index (χ1) is 10.5. The summed E-state index contributed by atoms with van der Waals surface area (Å²) in [5.41, 5.74) is 0.639. The lowest BCUT2D eigenvalue weighted by Crippen LogP contribution is -2.21. The predicted octanol–water partition coefficient (Wildman–Crippen LogP) is 3.83. The Morgan fingerprint density at radius 1 is 1.05 bits per heavy atom. The van der Waals surface area contributed by atoms with Crippen LogP contribution in [0, 0.1) is 5.82 Å². The average Bonchev–Trinajstić information content (AvgIpc) is 2.48. The van der Waals surface area contributed by atoms with Gasteiger partial charge in [-0.05, 0) is 24.1 Å². The zero-order valence-electron chi connectivity index (χ0n) is 13.1. The third kappa shape index (κ3) is 8.77. The van der Waals surface area contributed by atoms with Crippen molar-refractivity contribution < 1.29 is 12.8 Å². The Labute approximate surface area is 132 Å². The maximum atomic E-state index is 12.7. The van der Waals surface area contributed by atoms with Gasteiger partial charge >= 0.3 is 0 Å². The molecule has 0 unspecified atom stereocenters. The highest BCUT2D eigenvalue weighted by molar-refractivity contribution is 7.89. The standard InChI is InChI=1S/C16H25FN2O2S/c1-2-3-4-5-6-7-8-13-22(20,21)19-18-14-15-9-11-16(17)12-10-15/h9-12,14,19H,2-8,13H2,1H3. The topological polar surface area (TPSA) is 58.5 Å². The smallest absolute Gasteiger partial charge is 0.207 e. The lowest BCUT2D eigenvalue weighted by atomic mass is 10.1. The van der Waals surface area contributed by atoms with E-state index < -0.39 is 10.0 Å². The van der Waals surface area contributed by atoms with Gasteiger partial charge in [-0.25, -0.2) is 17.6 Å². The van der Waals surface area contributed by atoms with Gasteiger partial charge < -0.3 is 0 Å². The second-order valence-electron chi connectivity index (χ2n) is 5.34. The van der Waals surface area contributed by atoms with Gasteiger partial charge in [0.25, 0.3) is 0 Å². The predicted molar refractivity (Wildman–Crippen MR) is 88.9 cm³/mol. The van der Waals surface area contributed by atoms with E-state index in [9.17, 15) is 12.8 Å². The molecule has 0 aliphatic heterocycles. The summed E-state index contributed by atoms with van der Waals surface area (Å²) in [7, 11) is -3.38. The Hall–Kier alpha value is -1.43. The SMILES string of the molecule is CCCCCCCCCS(=O)(=O)NN=Cc1ccc(F)cc1. The number of hydrogen-bond donors (Lipinski definition) is 1. The molecule has 0 aliphatic carbocycles. The van der Waals surface area contributed by atoms with E-state index in [-0.39, 0.29) is 11.6 Å². The number of benzene rings is 1. The number of sulfonamides is 1. The van der Waals surface area contributed by atoms with E-state index in [1.54, 1.807) is 0 Å². The molecule has 124 valence electrons.